The largest absolute Gasteiger partial charge is 0.355 e. The highest BCUT2D eigenvalue weighted by Crippen LogP contribution is 2.06. The third kappa shape index (κ3) is 7.85. The summed E-state index contributed by atoms with van der Waals surface area (Å²) in [6, 6.07) is 20.0. The van der Waals surface area contributed by atoms with E-state index in [-0.39, 0.29) is 24.0 Å². The molecule has 0 spiro atoms. The van der Waals surface area contributed by atoms with Crippen LogP contribution in [0.1, 0.15) is 5.56 Å². The summed E-state index contributed by atoms with van der Waals surface area (Å²) in [6.45, 7) is 5.52. The monoisotopic (exact) mass is 538 g/mol. The Morgan fingerprint density at radius 1 is 1.03 bits per heavy atom. The van der Waals surface area contributed by atoms with Gasteiger partial charge in [0.15, 0.2) is 5.96 Å². The number of benzene rings is 2. The first kappa shape index (κ1) is 24.6. The zero-order chi connectivity index (χ0) is 20.3. The van der Waals surface area contributed by atoms with Crippen molar-refractivity contribution < 1.29 is 4.21 Å². The average Bonchev–Trinajstić information content (AvgIpc) is 2.78. The van der Waals surface area contributed by atoms with Gasteiger partial charge < -0.3 is 10.2 Å². The smallest absolute Gasteiger partial charge is 0.193 e. The lowest BCUT2D eigenvalue weighted by Crippen LogP contribution is -2.52. The Morgan fingerprint density at radius 3 is 2.30 bits per heavy atom. The highest BCUT2D eigenvalue weighted by Gasteiger charge is 2.18. The number of aliphatic imine (C=N–C) groups is 1. The van der Waals surface area contributed by atoms with E-state index in [1.54, 1.807) is 0 Å². The van der Waals surface area contributed by atoms with E-state index in [1.165, 1.54) is 5.56 Å². The number of guanidine groups is 1. The van der Waals surface area contributed by atoms with Gasteiger partial charge in [-0.2, -0.15) is 0 Å². The van der Waals surface area contributed by atoms with Crippen LogP contribution in [0.15, 0.2) is 76.6 Å². The van der Waals surface area contributed by atoms with Gasteiger partial charge in [-0.1, -0.05) is 60.7 Å². The summed E-state index contributed by atoms with van der Waals surface area (Å²) in [4.78, 5) is 10.0. The standard InChI is InChI=1S/C23H30N4OS.HI/c1-24-23(25-14-20-29(28)22-12-6-3-7-13-22)27-18-16-26(17-19-27)15-8-11-21-9-4-2-5-10-21;/h2-13H,14-20H2,1H3,(H,24,25);1H/b11-8+;. The Balaban J connectivity index is 0.00000320. The third-order valence-corrected chi connectivity index (χ3v) is 6.31. The maximum atomic E-state index is 12.3. The molecule has 1 atom stereocenters. The van der Waals surface area contributed by atoms with E-state index in [9.17, 15) is 4.21 Å². The normalized spacial score (nSPS) is 16.3. The van der Waals surface area contributed by atoms with Gasteiger partial charge >= 0.3 is 0 Å². The van der Waals surface area contributed by atoms with Crippen LogP contribution in [0.4, 0.5) is 0 Å². The molecule has 0 amide bonds. The molecule has 1 saturated heterocycles. The second-order valence-corrected chi connectivity index (χ2v) is 8.51. The van der Waals surface area contributed by atoms with Gasteiger partial charge in [0, 0.05) is 57.0 Å². The Labute approximate surface area is 199 Å². The molecular weight excluding hydrogens is 507 g/mol. The molecule has 1 aliphatic rings. The highest BCUT2D eigenvalue weighted by molar-refractivity contribution is 14.0. The third-order valence-electron chi connectivity index (χ3n) is 4.93. The van der Waals surface area contributed by atoms with Crippen LogP contribution < -0.4 is 5.32 Å². The molecular formula is C23H31IN4OS. The first-order valence-corrected chi connectivity index (χ1v) is 11.4. The Kier molecular flexibility index (Phi) is 11.1. The van der Waals surface area contributed by atoms with Crippen LogP contribution in [-0.4, -0.2) is 72.0 Å². The predicted octanol–water partition coefficient (Wildman–Crippen LogP) is 3.32. The number of nitrogens with one attached hydrogen (secondary N) is 1. The van der Waals surface area contributed by atoms with E-state index in [0.717, 1.165) is 43.6 Å². The molecule has 0 radical (unpaired) electrons. The molecule has 1 unspecified atom stereocenters. The molecule has 1 aliphatic heterocycles. The lowest BCUT2D eigenvalue weighted by molar-refractivity contribution is 0.194. The van der Waals surface area contributed by atoms with Crippen LogP contribution in [0.5, 0.6) is 0 Å². The van der Waals surface area contributed by atoms with Crippen molar-refractivity contribution in [1.29, 1.82) is 0 Å². The van der Waals surface area contributed by atoms with E-state index in [2.05, 4.69) is 56.5 Å². The molecule has 1 fully saturated rings. The van der Waals surface area contributed by atoms with Gasteiger partial charge in [-0.05, 0) is 17.7 Å². The Morgan fingerprint density at radius 2 is 1.67 bits per heavy atom. The van der Waals surface area contributed by atoms with Gasteiger partial charge in [0.1, 0.15) is 0 Å². The van der Waals surface area contributed by atoms with E-state index in [0.29, 0.717) is 12.3 Å². The molecule has 0 aromatic heterocycles. The minimum absolute atomic E-state index is 0. The zero-order valence-corrected chi connectivity index (χ0v) is 20.6. The van der Waals surface area contributed by atoms with Crippen molar-refractivity contribution in [3.8, 4) is 0 Å². The predicted molar refractivity (Wildman–Crippen MR) is 138 cm³/mol. The minimum Gasteiger partial charge on any atom is -0.355 e. The zero-order valence-electron chi connectivity index (χ0n) is 17.4. The summed E-state index contributed by atoms with van der Waals surface area (Å²) < 4.78 is 12.3. The van der Waals surface area contributed by atoms with Crippen LogP contribution in [0.3, 0.4) is 0 Å². The number of hydrogen-bond donors (Lipinski definition) is 1. The summed E-state index contributed by atoms with van der Waals surface area (Å²) in [6.07, 6.45) is 4.41. The maximum absolute atomic E-state index is 12.3. The van der Waals surface area contributed by atoms with Crippen molar-refractivity contribution in [2.45, 2.75) is 4.90 Å². The quantitative estimate of drug-likeness (QED) is 0.334. The molecule has 162 valence electrons. The summed E-state index contributed by atoms with van der Waals surface area (Å²) in [5.41, 5.74) is 1.24. The molecule has 7 heteroatoms. The van der Waals surface area contributed by atoms with Crippen molar-refractivity contribution in [1.82, 2.24) is 15.1 Å². The average molecular weight is 538 g/mol. The number of nitrogens with zero attached hydrogens (tertiary/aromatic N) is 3. The molecule has 1 N–H and O–H groups in total. The van der Waals surface area contributed by atoms with Crippen LogP contribution in [0, 0.1) is 0 Å². The summed E-state index contributed by atoms with van der Waals surface area (Å²) in [5, 5.41) is 3.37. The van der Waals surface area contributed by atoms with Gasteiger partial charge in [-0.25, -0.2) is 0 Å². The van der Waals surface area contributed by atoms with Crippen molar-refractivity contribution in [2.24, 2.45) is 4.99 Å². The van der Waals surface area contributed by atoms with Crippen LogP contribution in [-0.2, 0) is 10.8 Å². The molecule has 2 aromatic carbocycles. The molecule has 0 aliphatic carbocycles. The van der Waals surface area contributed by atoms with Crippen molar-refractivity contribution >= 4 is 46.8 Å². The van der Waals surface area contributed by atoms with E-state index in [4.69, 9.17) is 0 Å². The maximum Gasteiger partial charge on any atom is 0.193 e. The molecule has 3 rings (SSSR count). The number of piperazine rings is 1. The van der Waals surface area contributed by atoms with Gasteiger partial charge in [0.2, 0.25) is 0 Å². The Hall–Kier alpha value is -1.71. The lowest BCUT2D eigenvalue weighted by Gasteiger charge is -2.36. The summed E-state index contributed by atoms with van der Waals surface area (Å²) in [7, 11) is 0.827. The van der Waals surface area contributed by atoms with Crippen molar-refractivity contribution in [2.75, 3.05) is 52.1 Å². The molecule has 0 saturated carbocycles. The second-order valence-electron chi connectivity index (χ2n) is 6.94. The fraction of sp³-hybridized carbons (Fsp3) is 0.348. The van der Waals surface area contributed by atoms with E-state index < -0.39 is 10.8 Å². The molecule has 30 heavy (non-hydrogen) atoms. The fourth-order valence-electron chi connectivity index (χ4n) is 3.32. The van der Waals surface area contributed by atoms with E-state index in [1.807, 2.05) is 43.4 Å². The number of rotatable bonds is 7. The Bertz CT molecular complexity index is 822. The number of hydrogen-bond acceptors (Lipinski definition) is 3. The molecule has 0 bridgehead atoms. The number of halogens is 1. The summed E-state index contributed by atoms with van der Waals surface area (Å²) >= 11 is 0. The minimum atomic E-state index is -0.984. The molecule has 5 nitrogen and oxygen atoms in total. The van der Waals surface area contributed by atoms with Crippen LogP contribution >= 0.6 is 24.0 Å². The fourth-order valence-corrected chi connectivity index (χ4v) is 4.31. The SMILES string of the molecule is CN=C(NCCS(=O)c1ccccc1)N1CCN(C/C=C/c2ccccc2)CC1.I. The lowest BCUT2D eigenvalue weighted by atomic mass is 10.2. The van der Waals surface area contributed by atoms with Crippen molar-refractivity contribution in [3.63, 3.8) is 0 Å². The first-order chi connectivity index (χ1) is 14.3. The highest BCUT2D eigenvalue weighted by atomic mass is 127. The van der Waals surface area contributed by atoms with Crippen LogP contribution in [0.2, 0.25) is 0 Å². The van der Waals surface area contributed by atoms with Gasteiger partial charge in [0.25, 0.3) is 0 Å². The topological polar surface area (TPSA) is 47.9 Å². The molecule has 1 heterocycles. The van der Waals surface area contributed by atoms with Crippen molar-refractivity contribution in [3.05, 3.63) is 72.3 Å². The van der Waals surface area contributed by atoms with Gasteiger partial charge in [-0.3, -0.25) is 14.1 Å². The van der Waals surface area contributed by atoms with Gasteiger partial charge in [0.05, 0.1) is 10.8 Å². The van der Waals surface area contributed by atoms with Gasteiger partial charge in [-0.15, -0.1) is 24.0 Å². The molecule has 2 aromatic rings. The summed E-state index contributed by atoms with van der Waals surface area (Å²) in [5.74, 6) is 1.47. The first-order valence-electron chi connectivity index (χ1n) is 10.1. The van der Waals surface area contributed by atoms with Crippen LogP contribution in [0.25, 0.3) is 6.08 Å². The second kappa shape index (κ2) is 13.6. The van der Waals surface area contributed by atoms with E-state index >= 15 is 0 Å².